The predicted molar refractivity (Wildman–Crippen MR) is 136 cm³/mol. The summed E-state index contributed by atoms with van der Waals surface area (Å²) in [5, 5.41) is 6.84. The Kier molecular flexibility index (Phi) is 6.62. The molecule has 4 aromatic rings. The molecule has 2 saturated heterocycles. The van der Waals surface area contributed by atoms with E-state index in [4.69, 9.17) is 0 Å². The third kappa shape index (κ3) is 4.43. The van der Waals surface area contributed by atoms with Gasteiger partial charge in [-0.2, -0.15) is 5.10 Å². The number of nitrogens with one attached hydrogen (secondary N) is 1. The van der Waals surface area contributed by atoms with Gasteiger partial charge in [-0.05, 0) is 31.0 Å². The summed E-state index contributed by atoms with van der Waals surface area (Å²) in [6, 6.07) is 7.17. The number of likely N-dealkylation sites (tertiary alicyclic amines) is 1. The standard InChI is InChI=1S/C28H20F6N6O2/c29-16-8-20(32)25(21(33)9-16)39-14-36-27(42)28(39)3-6-38(7-4-28)26(41)22-12-23(15-2-1-5-35-13-15)40(37-22)17-10-18(30)24(34)19(31)11-17/h1-2,5,8-13H,3-4,6-7,14H2,(H,36,42). The number of halogens is 6. The number of benzene rings is 2. The van der Waals surface area contributed by atoms with Gasteiger partial charge >= 0.3 is 0 Å². The van der Waals surface area contributed by atoms with Gasteiger partial charge < -0.3 is 15.1 Å². The van der Waals surface area contributed by atoms with Crippen LogP contribution in [0.15, 0.2) is 54.9 Å². The van der Waals surface area contributed by atoms with E-state index < -0.39 is 57.9 Å². The first kappa shape index (κ1) is 27.3. The Hall–Kier alpha value is -4.88. The molecule has 2 aliphatic heterocycles. The van der Waals surface area contributed by atoms with Crippen molar-refractivity contribution in [2.75, 3.05) is 24.7 Å². The van der Waals surface area contributed by atoms with E-state index in [1.165, 1.54) is 28.3 Å². The molecule has 0 bridgehead atoms. The number of piperidine rings is 1. The van der Waals surface area contributed by atoms with E-state index in [9.17, 15) is 35.9 Å². The second kappa shape index (κ2) is 10.2. The average molecular weight is 586 g/mol. The molecule has 0 aliphatic carbocycles. The number of anilines is 1. The fourth-order valence-corrected chi connectivity index (χ4v) is 5.48. The van der Waals surface area contributed by atoms with Crippen LogP contribution in [0, 0.1) is 34.9 Å². The molecule has 0 saturated carbocycles. The van der Waals surface area contributed by atoms with Crippen molar-refractivity contribution in [2.45, 2.75) is 18.4 Å². The van der Waals surface area contributed by atoms with Crippen molar-refractivity contribution in [3.63, 3.8) is 0 Å². The SMILES string of the molecule is O=C(c1cc(-c2cccnc2)n(-c2cc(F)c(F)c(F)c2)n1)N1CCC2(CC1)C(=O)NCN2c1c(F)cc(F)cc1F. The molecule has 0 atom stereocenters. The molecule has 2 amide bonds. The summed E-state index contributed by atoms with van der Waals surface area (Å²) in [4.78, 5) is 33.1. The molecule has 2 aromatic heterocycles. The predicted octanol–water partition coefficient (Wildman–Crippen LogP) is 4.34. The Morgan fingerprint density at radius 2 is 1.57 bits per heavy atom. The van der Waals surface area contributed by atoms with Crippen molar-refractivity contribution >= 4 is 17.5 Å². The molecule has 216 valence electrons. The van der Waals surface area contributed by atoms with Gasteiger partial charge in [0, 0.05) is 55.3 Å². The average Bonchev–Trinajstić information content (AvgIpc) is 3.54. The Labute approximate surface area is 234 Å². The largest absolute Gasteiger partial charge is 0.337 e. The smallest absolute Gasteiger partial charge is 0.274 e. The molecule has 0 radical (unpaired) electrons. The lowest BCUT2D eigenvalue weighted by Crippen LogP contribution is -2.57. The van der Waals surface area contributed by atoms with Crippen LogP contribution in [0.5, 0.6) is 0 Å². The number of rotatable bonds is 4. The first-order valence-electron chi connectivity index (χ1n) is 12.7. The third-order valence-corrected chi connectivity index (χ3v) is 7.57. The summed E-state index contributed by atoms with van der Waals surface area (Å²) < 4.78 is 85.7. The number of hydrogen-bond donors (Lipinski definition) is 1. The van der Waals surface area contributed by atoms with E-state index in [0.717, 1.165) is 16.8 Å². The first-order chi connectivity index (χ1) is 20.1. The van der Waals surface area contributed by atoms with Crippen LogP contribution in [0.25, 0.3) is 16.9 Å². The summed E-state index contributed by atoms with van der Waals surface area (Å²) in [5.74, 6) is -9.04. The highest BCUT2D eigenvalue weighted by Gasteiger charge is 2.52. The van der Waals surface area contributed by atoms with Crippen molar-refractivity contribution in [1.29, 1.82) is 0 Å². The van der Waals surface area contributed by atoms with Crippen molar-refractivity contribution in [3.05, 3.63) is 95.5 Å². The zero-order chi connectivity index (χ0) is 29.8. The summed E-state index contributed by atoms with van der Waals surface area (Å²) in [7, 11) is 0. The van der Waals surface area contributed by atoms with Gasteiger partial charge in [-0.3, -0.25) is 14.6 Å². The maximum Gasteiger partial charge on any atom is 0.274 e. The van der Waals surface area contributed by atoms with Gasteiger partial charge in [0.05, 0.1) is 18.1 Å². The molecule has 6 rings (SSSR count). The number of aromatic nitrogens is 3. The van der Waals surface area contributed by atoms with Crippen molar-refractivity contribution in [2.24, 2.45) is 0 Å². The summed E-state index contributed by atoms with van der Waals surface area (Å²) >= 11 is 0. The molecule has 2 aliphatic rings. The molecule has 8 nitrogen and oxygen atoms in total. The van der Waals surface area contributed by atoms with Crippen molar-refractivity contribution < 1.29 is 35.9 Å². The van der Waals surface area contributed by atoms with Crippen LogP contribution in [0.4, 0.5) is 32.0 Å². The molecule has 42 heavy (non-hydrogen) atoms. The van der Waals surface area contributed by atoms with Crippen molar-refractivity contribution in [3.8, 4) is 16.9 Å². The van der Waals surface area contributed by atoms with Crippen LogP contribution in [0.2, 0.25) is 0 Å². The van der Waals surface area contributed by atoms with E-state index in [1.54, 1.807) is 12.1 Å². The number of carbonyl (C=O) groups excluding carboxylic acids is 2. The quantitative estimate of drug-likeness (QED) is 0.284. The van der Waals surface area contributed by atoms with E-state index in [1.807, 2.05) is 0 Å². The van der Waals surface area contributed by atoms with Gasteiger partial charge in [0.15, 0.2) is 34.8 Å². The molecule has 2 fully saturated rings. The minimum atomic E-state index is -1.65. The van der Waals surface area contributed by atoms with Gasteiger partial charge in [0.25, 0.3) is 5.91 Å². The molecule has 0 unspecified atom stereocenters. The van der Waals surface area contributed by atoms with Crippen LogP contribution in [-0.4, -0.2) is 56.8 Å². The highest BCUT2D eigenvalue weighted by molar-refractivity contribution is 5.96. The second-order valence-corrected chi connectivity index (χ2v) is 9.93. The lowest BCUT2D eigenvalue weighted by atomic mass is 9.85. The Morgan fingerprint density at radius 3 is 2.19 bits per heavy atom. The maximum atomic E-state index is 14.6. The van der Waals surface area contributed by atoms with Gasteiger partial charge in [-0.15, -0.1) is 0 Å². The fraction of sp³-hybridized carbons (Fsp3) is 0.214. The van der Waals surface area contributed by atoms with Crippen LogP contribution in [-0.2, 0) is 4.79 Å². The van der Waals surface area contributed by atoms with Gasteiger partial charge in [0.1, 0.15) is 17.0 Å². The second-order valence-electron chi connectivity index (χ2n) is 9.93. The van der Waals surface area contributed by atoms with Crippen LogP contribution in [0.1, 0.15) is 23.3 Å². The molecular formula is C28H20F6N6O2. The minimum absolute atomic E-state index is 0.00855. The van der Waals surface area contributed by atoms with Gasteiger partial charge in [-0.25, -0.2) is 31.0 Å². The summed E-state index contributed by atoms with van der Waals surface area (Å²) in [5.41, 5.74) is -1.53. The van der Waals surface area contributed by atoms with Crippen LogP contribution in [0.3, 0.4) is 0 Å². The number of nitrogens with zero attached hydrogens (tertiary/aromatic N) is 5. The topological polar surface area (TPSA) is 83.4 Å². The minimum Gasteiger partial charge on any atom is -0.337 e. The maximum absolute atomic E-state index is 14.6. The number of hydrogen-bond acceptors (Lipinski definition) is 5. The zero-order valence-corrected chi connectivity index (χ0v) is 21.6. The molecule has 2 aromatic carbocycles. The summed E-state index contributed by atoms with van der Waals surface area (Å²) in [6.45, 7) is -0.236. The first-order valence-corrected chi connectivity index (χ1v) is 12.7. The molecule has 1 spiro atoms. The van der Waals surface area contributed by atoms with Crippen LogP contribution >= 0.6 is 0 Å². The Balaban J connectivity index is 1.30. The van der Waals surface area contributed by atoms with E-state index in [2.05, 4.69) is 15.4 Å². The number of carbonyl (C=O) groups is 2. The Bertz CT molecular complexity index is 1680. The highest BCUT2D eigenvalue weighted by atomic mass is 19.2. The van der Waals surface area contributed by atoms with E-state index in [0.29, 0.717) is 17.7 Å². The number of amides is 2. The van der Waals surface area contributed by atoms with Crippen LogP contribution < -0.4 is 10.2 Å². The lowest BCUT2D eigenvalue weighted by Gasteiger charge is -2.43. The lowest BCUT2D eigenvalue weighted by molar-refractivity contribution is -0.125. The third-order valence-electron chi connectivity index (χ3n) is 7.57. The monoisotopic (exact) mass is 586 g/mol. The Morgan fingerprint density at radius 1 is 0.905 bits per heavy atom. The summed E-state index contributed by atoms with van der Waals surface area (Å²) in [6.07, 6.45) is 2.93. The van der Waals surface area contributed by atoms with E-state index >= 15 is 0 Å². The zero-order valence-electron chi connectivity index (χ0n) is 21.6. The fourth-order valence-electron chi connectivity index (χ4n) is 5.48. The van der Waals surface area contributed by atoms with Gasteiger partial charge in [0.2, 0.25) is 5.91 Å². The van der Waals surface area contributed by atoms with E-state index in [-0.39, 0.29) is 49.7 Å². The molecular weight excluding hydrogens is 566 g/mol. The normalized spacial score (nSPS) is 16.3. The van der Waals surface area contributed by atoms with Crippen molar-refractivity contribution in [1.82, 2.24) is 25.0 Å². The number of pyridine rings is 1. The van der Waals surface area contributed by atoms with Gasteiger partial charge in [-0.1, -0.05) is 0 Å². The highest BCUT2D eigenvalue weighted by Crippen LogP contribution is 2.39. The molecule has 14 heteroatoms. The molecule has 1 N–H and O–H groups in total. The molecule has 4 heterocycles.